The Morgan fingerprint density at radius 2 is 2.10 bits per heavy atom. The fourth-order valence-electron chi connectivity index (χ4n) is 1.90. The maximum atomic E-state index is 13.9. The summed E-state index contributed by atoms with van der Waals surface area (Å²) in [6, 6.07) is 6.38. The van der Waals surface area contributed by atoms with Crippen molar-refractivity contribution in [3.8, 4) is 0 Å². The second-order valence-electron chi connectivity index (χ2n) is 4.60. The summed E-state index contributed by atoms with van der Waals surface area (Å²) in [5, 5.41) is 3.03. The molecule has 0 aliphatic rings. The van der Waals surface area contributed by atoms with Crippen molar-refractivity contribution in [2.24, 2.45) is 5.73 Å². The highest BCUT2D eigenvalue weighted by molar-refractivity contribution is 7.12. The van der Waals surface area contributed by atoms with Crippen molar-refractivity contribution < 1.29 is 9.18 Å². The fourth-order valence-corrected chi connectivity index (χ4v) is 2.78. The van der Waals surface area contributed by atoms with E-state index in [9.17, 15) is 9.18 Å². The molecule has 20 heavy (non-hydrogen) atoms. The Balaban J connectivity index is 2.29. The largest absolute Gasteiger partial charge is 0.398 e. The van der Waals surface area contributed by atoms with Crippen molar-refractivity contribution in [1.82, 2.24) is 0 Å². The lowest BCUT2D eigenvalue weighted by Gasteiger charge is -2.16. The number of carbonyl (C=O) groups is 1. The lowest BCUT2D eigenvalue weighted by Crippen LogP contribution is -2.15. The number of carbonyl (C=O) groups excluding carboxylic acids is 1. The van der Waals surface area contributed by atoms with Gasteiger partial charge in [0.2, 0.25) is 0 Å². The summed E-state index contributed by atoms with van der Waals surface area (Å²) < 4.78 is 13.9. The second kappa shape index (κ2) is 5.50. The standard InChI is InChI=1S/C14H16FN3OS/c1-7-3-4-13(20-7)8(2)18-12-5-9(14(17)19)11(16)6-10(12)15/h3-6,8,18H,16H2,1-2H3,(H2,17,19). The van der Waals surface area contributed by atoms with Crippen LogP contribution in [-0.2, 0) is 0 Å². The normalized spacial score (nSPS) is 12.2. The molecule has 1 atom stereocenters. The van der Waals surface area contributed by atoms with Gasteiger partial charge in [-0.3, -0.25) is 4.79 Å². The van der Waals surface area contributed by atoms with Gasteiger partial charge in [-0.2, -0.15) is 0 Å². The van der Waals surface area contributed by atoms with Gasteiger partial charge < -0.3 is 16.8 Å². The number of thiophene rings is 1. The van der Waals surface area contributed by atoms with E-state index in [4.69, 9.17) is 11.5 Å². The minimum Gasteiger partial charge on any atom is -0.398 e. The molecule has 1 unspecified atom stereocenters. The first kappa shape index (κ1) is 14.3. The molecule has 1 aromatic carbocycles. The van der Waals surface area contributed by atoms with E-state index in [1.165, 1.54) is 10.9 Å². The molecular weight excluding hydrogens is 277 g/mol. The molecular formula is C14H16FN3OS. The van der Waals surface area contributed by atoms with E-state index in [0.29, 0.717) is 0 Å². The maximum Gasteiger partial charge on any atom is 0.250 e. The van der Waals surface area contributed by atoms with Crippen LogP contribution >= 0.6 is 11.3 Å². The van der Waals surface area contributed by atoms with Gasteiger partial charge in [-0.15, -0.1) is 11.3 Å². The molecule has 0 aliphatic heterocycles. The Hall–Kier alpha value is -2.08. The number of rotatable bonds is 4. The topological polar surface area (TPSA) is 81.1 Å². The van der Waals surface area contributed by atoms with Gasteiger partial charge in [0.15, 0.2) is 0 Å². The van der Waals surface area contributed by atoms with Gasteiger partial charge in [-0.1, -0.05) is 0 Å². The van der Waals surface area contributed by atoms with Crippen LogP contribution in [-0.4, -0.2) is 5.91 Å². The molecule has 106 valence electrons. The van der Waals surface area contributed by atoms with Crippen LogP contribution in [0.2, 0.25) is 0 Å². The molecule has 0 bridgehead atoms. The third kappa shape index (κ3) is 2.91. The lowest BCUT2D eigenvalue weighted by molar-refractivity contribution is 0.100. The summed E-state index contributed by atoms with van der Waals surface area (Å²) >= 11 is 1.63. The Labute approximate surface area is 120 Å². The Morgan fingerprint density at radius 1 is 1.40 bits per heavy atom. The minimum absolute atomic E-state index is 0.0418. The third-order valence-corrected chi connectivity index (χ3v) is 4.15. The van der Waals surface area contributed by atoms with Crippen LogP contribution in [0.25, 0.3) is 0 Å². The molecule has 4 nitrogen and oxygen atoms in total. The predicted octanol–water partition coefficient (Wildman–Crippen LogP) is 3.05. The second-order valence-corrected chi connectivity index (χ2v) is 5.92. The zero-order valence-corrected chi connectivity index (χ0v) is 12.1. The van der Waals surface area contributed by atoms with Crippen LogP contribution in [0.5, 0.6) is 0 Å². The van der Waals surface area contributed by atoms with E-state index in [1.54, 1.807) is 11.3 Å². The number of nitrogens with one attached hydrogen (secondary N) is 1. The minimum atomic E-state index is -0.676. The van der Waals surface area contributed by atoms with Gasteiger partial charge in [0, 0.05) is 15.4 Å². The van der Waals surface area contributed by atoms with Crippen LogP contribution in [0.1, 0.15) is 33.1 Å². The van der Waals surface area contributed by atoms with Gasteiger partial charge in [-0.05, 0) is 38.1 Å². The third-order valence-electron chi connectivity index (χ3n) is 2.96. The van der Waals surface area contributed by atoms with Crippen molar-refractivity contribution >= 4 is 28.6 Å². The van der Waals surface area contributed by atoms with E-state index in [2.05, 4.69) is 5.32 Å². The van der Waals surface area contributed by atoms with E-state index in [0.717, 1.165) is 10.9 Å². The van der Waals surface area contributed by atoms with E-state index in [-0.39, 0.29) is 23.0 Å². The van der Waals surface area contributed by atoms with Crippen LogP contribution < -0.4 is 16.8 Å². The number of hydrogen-bond donors (Lipinski definition) is 3. The first-order valence-electron chi connectivity index (χ1n) is 6.10. The van der Waals surface area contributed by atoms with E-state index in [1.807, 2.05) is 26.0 Å². The van der Waals surface area contributed by atoms with Crippen molar-refractivity contribution in [2.75, 3.05) is 11.1 Å². The molecule has 5 N–H and O–H groups in total. The number of nitrogen functional groups attached to an aromatic ring is 1. The number of hydrogen-bond acceptors (Lipinski definition) is 4. The molecule has 0 saturated heterocycles. The van der Waals surface area contributed by atoms with E-state index >= 15 is 0 Å². The summed E-state index contributed by atoms with van der Waals surface area (Å²) in [5.74, 6) is -1.18. The average Bonchev–Trinajstić information content (AvgIpc) is 2.79. The van der Waals surface area contributed by atoms with Crippen LogP contribution in [0.15, 0.2) is 24.3 Å². The highest BCUT2D eigenvalue weighted by atomic mass is 32.1. The van der Waals surface area contributed by atoms with Gasteiger partial charge >= 0.3 is 0 Å². The van der Waals surface area contributed by atoms with Crippen molar-refractivity contribution in [1.29, 1.82) is 0 Å². The van der Waals surface area contributed by atoms with Gasteiger partial charge in [0.25, 0.3) is 5.91 Å². The first-order chi connectivity index (χ1) is 9.38. The number of halogens is 1. The summed E-state index contributed by atoms with van der Waals surface area (Å²) in [7, 11) is 0. The molecule has 2 rings (SSSR count). The average molecular weight is 293 g/mol. The first-order valence-corrected chi connectivity index (χ1v) is 6.92. The van der Waals surface area contributed by atoms with Crippen LogP contribution in [0.4, 0.5) is 15.8 Å². The zero-order chi connectivity index (χ0) is 14.9. The molecule has 2 aromatic rings. The summed E-state index contributed by atoms with van der Waals surface area (Å²) in [4.78, 5) is 13.5. The monoisotopic (exact) mass is 293 g/mol. The SMILES string of the molecule is Cc1ccc(C(C)Nc2cc(C(N)=O)c(N)cc2F)s1. The molecule has 6 heteroatoms. The quantitative estimate of drug-likeness (QED) is 0.758. The molecule has 0 radical (unpaired) electrons. The Morgan fingerprint density at radius 3 is 2.65 bits per heavy atom. The Kier molecular flexibility index (Phi) is 3.94. The molecule has 0 saturated carbocycles. The molecule has 0 spiro atoms. The van der Waals surface area contributed by atoms with Crippen molar-refractivity contribution in [3.63, 3.8) is 0 Å². The summed E-state index contributed by atoms with van der Waals surface area (Å²) in [6.45, 7) is 3.93. The lowest BCUT2D eigenvalue weighted by atomic mass is 10.1. The number of nitrogens with two attached hydrogens (primary N) is 2. The predicted molar refractivity (Wildman–Crippen MR) is 80.4 cm³/mol. The number of primary amides is 1. The van der Waals surface area contributed by atoms with Gasteiger partial charge in [0.1, 0.15) is 5.82 Å². The van der Waals surface area contributed by atoms with Gasteiger partial charge in [-0.25, -0.2) is 4.39 Å². The van der Waals surface area contributed by atoms with Gasteiger partial charge in [0.05, 0.1) is 17.3 Å². The number of aryl methyl sites for hydroxylation is 1. The fraction of sp³-hybridized carbons (Fsp3) is 0.214. The molecule has 1 aromatic heterocycles. The van der Waals surface area contributed by atoms with Crippen LogP contribution in [0.3, 0.4) is 0 Å². The molecule has 1 amide bonds. The van der Waals surface area contributed by atoms with Crippen molar-refractivity contribution in [2.45, 2.75) is 19.9 Å². The maximum absolute atomic E-state index is 13.9. The highest BCUT2D eigenvalue weighted by Gasteiger charge is 2.15. The number of benzene rings is 1. The number of anilines is 2. The zero-order valence-electron chi connectivity index (χ0n) is 11.2. The highest BCUT2D eigenvalue weighted by Crippen LogP contribution is 2.29. The molecule has 0 aliphatic carbocycles. The molecule has 1 heterocycles. The summed E-state index contributed by atoms with van der Waals surface area (Å²) in [6.07, 6.45) is 0. The van der Waals surface area contributed by atoms with Crippen molar-refractivity contribution in [3.05, 3.63) is 45.4 Å². The Bertz CT molecular complexity index is 654. The van der Waals surface area contributed by atoms with Crippen LogP contribution in [0, 0.1) is 12.7 Å². The summed E-state index contributed by atoms with van der Waals surface area (Å²) in [5.41, 5.74) is 11.2. The van der Waals surface area contributed by atoms with E-state index < -0.39 is 11.7 Å². The molecule has 0 fully saturated rings. The number of amides is 1. The smallest absolute Gasteiger partial charge is 0.250 e.